The molecule has 0 fully saturated rings. The minimum Gasteiger partial charge on any atom is -0.506 e. The number of aromatic hydroxyl groups is 1. The Kier molecular flexibility index (Phi) is 3.40. The van der Waals surface area contributed by atoms with Crippen LogP contribution in [0, 0.1) is 0 Å². The molecule has 5 heteroatoms. The molecule has 0 radical (unpaired) electrons. The van der Waals surface area contributed by atoms with E-state index in [-0.39, 0.29) is 5.75 Å². The molecule has 0 aliphatic rings. The van der Waals surface area contributed by atoms with Crippen molar-refractivity contribution >= 4 is 11.3 Å². The lowest BCUT2D eigenvalue weighted by Gasteiger charge is -2.29. The van der Waals surface area contributed by atoms with Crippen molar-refractivity contribution in [3.63, 3.8) is 0 Å². The average molecular weight is 250 g/mol. The lowest BCUT2D eigenvalue weighted by Crippen LogP contribution is -2.29. The molecule has 0 aliphatic heterocycles. The van der Waals surface area contributed by atoms with Gasteiger partial charge in [0.25, 0.3) is 0 Å². The fourth-order valence-electron chi connectivity index (χ4n) is 1.90. The Bertz CT molecular complexity index is 481. The lowest BCUT2D eigenvalue weighted by atomic mass is 9.92. The summed E-state index contributed by atoms with van der Waals surface area (Å²) in [7, 11) is 1.65. The van der Waals surface area contributed by atoms with Crippen LogP contribution in [0.15, 0.2) is 30.0 Å². The molecule has 2 heterocycles. The highest BCUT2D eigenvalue weighted by molar-refractivity contribution is 7.09. The third-order valence-electron chi connectivity index (χ3n) is 2.81. The van der Waals surface area contributed by atoms with E-state index in [0.29, 0.717) is 0 Å². The molecule has 1 unspecified atom stereocenters. The molecular weight excluding hydrogens is 236 g/mol. The fourth-order valence-corrected chi connectivity index (χ4v) is 2.81. The molecule has 0 aliphatic carbocycles. The summed E-state index contributed by atoms with van der Waals surface area (Å²) in [6, 6.07) is 1.67. The van der Waals surface area contributed by atoms with Gasteiger partial charge in [0, 0.05) is 30.4 Å². The van der Waals surface area contributed by atoms with Crippen molar-refractivity contribution in [3.8, 4) is 5.75 Å². The summed E-state index contributed by atoms with van der Waals surface area (Å²) >= 11 is 1.53. The van der Waals surface area contributed by atoms with E-state index < -0.39 is 5.60 Å². The van der Waals surface area contributed by atoms with E-state index in [2.05, 4.69) is 9.97 Å². The Balaban J connectivity index is 2.55. The van der Waals surface area contributed by atoms with E-state index in [9.17, 15) is 5.11 Å². The zero-order valence-electron chi connectivity index (χ0n) is 9.75. The van der Waals surface area contributed by atoms with Crippen LogP contribution in [-0.4, -0.2) is 22.2 Å². The van der Waals surface area contributed by atoms with E-state index >= 15 is 0 Å². The number of ether oxygens (including phenoxy) is 1. The van der Waals surface area contributed by atoms with Crippen LogP contribution in [-0.2, 0) is 10.3 Å². The van der Waals surface area contributed by atoms with Crippen molar-refractivity contribution < 1.29 is 9.84 Å². The molecule has 90 valence electrons. The van der Waals surface area contributed by atoms with Crippen molar-refractivity contribution in [2.45, 2.75) is 18.9 Å². The summed E-state index contributed by atoms with van der Waals surface area (Å²) in [5, 5.41) is 12.3. The summed E-state index contributed by atoms with van der Waals surface area (Å²) in [6.45, 7) is 2.02. The van der Waals surface area contributed by atoms with Crippen molar-refractivity contribution in [3.05, 3.63) is 40.6 Å². The van der Waals surface area contributed by atoms with Crippen molar-refractivity contribution in [1.29, 1.82) is 0 Å². The van der Waals surface area contributed by atoms with Crippen LogP contribution in [0.5, 0.6) is 5.75 Å². The Labute approximate surface area is 104 Å². The maximum Gasteiger partial charge on any atom is 0.145 e. The van der Waals surface area contributed by atoms with Crippen molar-refractivity contribution in [2.24, 2.45) is 0 Å². The molecule has 2 aromatic heterocycles. The van der Waals surface area contributed by atoms with Gasteiger partial charge in [-0.1, -0.05) is 6.92 Å². The largest absolute Gasteiger partial charge is 0.506 e. The van der Waals surface area contributed by atoms with Gasteiger partial charge < -0.3 is 9.84 Å². The topological polar surface area (TPSA) is 55.2 Å². The number of thiazole rings is 1. The molecule has 4 nitrogen and oxygen atoms in total. The highest BCUT2D eigenvalue weighted by atomic mass is 32.1. The van der Waals surface area contributed by atoms with E-state index in [1.165, 1.54) is 17.5 Å². The van der Waals surface area contributed by atoms with Gasteiger partial charge in [-0.3, -0.25) is 4.98 Å². The zero-order chi connectivity index (χ0) is 12.3. The quantitative estimate of drug-likeness (QED) is 0.906. The van der Waals surface area contributed by atoms with Gasteiger partial charge in [0.1, 0.15) is 16.4 Å². The molecular formula is C12H14N2O2S. The Morgan fingerprint density at radius 1 is 1.47 bits per heavy atom. The monoisotopic (exact) mass is 250 g/mol. The van der Waals surface area contributed by atoms with Crippen LogP contribution < -0.4 is 0 Å². The van der Waals surface area contributed by atoms with E-state index in [0.717, 1.165) is 17.0 Å². The standard InChI is InChI=1S/C12H14N2O2S/c1-3-12(16-2,11-14-4-5-17-11)9-6-10(15)8-13-7-9/h4-8,15H,3H2,1-2H3. The minimum atomic E-state index is -0.625. The second-order valence-corrected chi connectivity index (χ2v) is 4.55. The number of pyridine rings is 1. The Morgan fingerprint density at radius 2 is 2.29 bits per heavy atom. The Hall–Kier alpha value is -1.46. The summed E-state index contributed by atoms with van der Waals surface area (Å²) < 4.78 is 5.67. The predicted octanol–water partition coefficient (Wildman–Crippen LogP) is 2.54. The van der Waals surface area contributed by atoms with Gasteiger partial charge in [-0.15, -0.1) is 11.3 Å². The first kappa shape index (κ1) is 12.0. The number of hydrogen-bond donors (Lipinski definition) is 1. The summed E-state index contributed by atoms with van der Waals surface area (Å²) in [4.78, 5) is 8.32. The molecule has 0 amide bonds. The smallest absolute Gasteiger partial charge is 0.145 e. The minimum absolute atomic E-state index is 0.133. The predicted molar refractivity (Wildman–Crippen MR) is 66.1 cm³/mol. The van der Waals surface area contributed by atoms with Crippen molar-refractivity contribution in [1.82, 2.24) is 9.97 Å². The van der Waals surface area contributed by atoms with Crippen molar-refractivity contribution in [2.75, 3.05) is 7.11 Å². The van der Waals surface area contributed by atoms with Crippen LogP contribution in [0.2, 0.25) is 0 Å². The third-order valence-corrected chi connectivity index (χ3v) is 3.73. The molecule has 17 heavy (non-hydrogen) atoms. The maximum absolute atomic E-state index is 9.53. The molecule has 0 spiro atoms. The van der Waals surface area contributed by atoms with Gasteiger partial charge in [-0.2, -0.15) is 0 Å². The van der Waals surface area contributed by atoms with Gasteiger partial charge in [-0.05, 0) is 12.5 Å². The zero-order valence-corrected chi connectivity index (χ0v) is 10.6. The molecule has 0 aromatic carbocycles. The average Bonchev–Trinajstić information content (AvgIpc) is 2.86. The van der Waals surface area contributed by atoms with Gasteiger partial charge in [0.15, 0.2) is 0 Å². The number of methoxy groups -OCH3 is 1. The third kappa shape index (κ3) is 2.03. The molecule has 2 aromatic rings. The van der Waals surface area contributed by atoms with Gasteiger partial charge >= 0.3 is 0 Å². The second-order valence-electron chi connectivity index (χ2n) is 3.65. The van der Waals surface area contributed by atoms with Crippen LogP contribution in [0.3, 0.4) is 0 Å². The SMILES string of the molecule is CCC(OC)(c1cncc(O)c1)c1nccs1. The summed E-state index contributed by atoms with van der Waals surface area (Å²) in [5.74, 6) is 0.133. The molecule has 1 N–H and O–H groups in total. The first-order valence-electron chi connectivity index (χ1n) is 5.32. The highest BCUT2D eigenvalue weighted by Crippen LogP contribution is 2.37. The number of aromatic nitrogens is 2. The first-order chi connectivity index (χ1) is 8.23. The van der Waals surface area contributed by atoms with Crippen LogP contribution in [0.1, 0.15) is 23.9 Å². The van der Waals surface area contributed by atoms with E-state index in [1.54, 1.807) is 25.6 Å². The molecule has 1 atom stereocenters. The van der Waals surface area contributed by atoms with Gasteiger partial charge in [-0.25, -0.2) is 4.98 Å². The number of hydrogen-bond acceptors (Lipinski definition) is 5. The number of rotatable bonds is 4. The van der Waals surface area contributed by atoms with Gasteiger partial charge in [0.2, 0.25) is 0 Å². The second kappa shape index (κ2) is 4.81. The highest BCUT2D eigenvalue weighted by Gasteiger charge is 2.35. The summed E-state index contributed by atoms with van der Waals surface area (Å²) in [5.41, 5.74) is 0.192. The first-order valence-corrected chi connectivity index (χ1v) is 6.20. The summed E-state index contributed by atoms with van der Waals surface area (Å²) in [6.07, 6.45) is 5.58. The fraction of sp³-hybridized carbons (Fsp3) is 0.333. The van der Waals surface area contributed by atoms with Gasteiger partial charge in [0.05, 0.1) is 6.20 Å². The van der Waals surface area contributed by atoms with Crippen LogP contribution in [0.4, 0.5) is 0 Å². The molecule has 0 saturated carbocycles. The Morgan fingerprint density at radius 3 is 2.82 bits per heavy atom. The lowest BCUT2D eigenvalue weighted by molar-refractivity contribution is 0.0180. The number of nitrogens with zero attached hydrogens (tertiary/aromatic N) is 2. The van der Waals surface area contributed by atoms with Crippen LogP contribution in [0.25, 0.3) is 0 Å². The normalized spacial score (nSPS) is 14.5. The van der Waals surface area contributed by atoms with E-state index in [1.807, 2.05) is 12.3 Å². The van der Waals surface area contributed by atoms with Crippen LogP contribution >= 0.6 is 11.3 Å². The van der Waals surface area contributed by atoms with E-state index in [4.69, 9.17) is 4.74 Å². The maximum atomic E-state index is 9.53. The molecule has 0 bridgehead atoms. The molecule has 0 saturated heterocycles. The molecule has 2 rings (SSSR count).